The molecule has 0 bridgehead atoms. The summed E-state index contributed by atoms with van der Waals surface area (Å²) in [6.45, 7) is 27.1. The molecule has 0 saturated carbocycles. The van der Waals surface area contributed by atoms with Crippen molar-refractivity contribution in [2.75, 3.05) is 0 Å². The van der Waals surface area contributed by atoms with E-state index in [-0.39, 0.29) is 44.8 Å². The molecule has 2 atom stereocenters. The van der Waals surface area contributed by atoms with Crippen LogP contribution in [0.25, 0.3) is 0 Å². The number of hydrogen-bond donors (Lipinski definition) is 0. The zero-order valence-corrected chi connectivity index (χ0v) is 40.7. The van der Waals surface area contributed by atoms with Gasteiger partial charge in [-0.25, -0.2) is 0 Å². The number of carbonyl (C=O) groups excluding carboxylic acids is 4. The number of hydrogen-bond acceptors (Lipinski definition) is 4. The summed E-state index contributed by atoms with van der Waals surface area (Å²) in [5.74, 6) is -0.322. The molecule has 0 aromatic heterocycles. The summed E-state index contributed by atoms with van der Waals surface area (Å²) >= 11 is 25.0. The van der Waals surface area contributed by atoms with Crippen LogP contribution in [0.4, 0.5) is 0 Å². The van der Waals surface area contributed by atoms with E-state index in [0.717, 1.165) is 29.5 Å². The Labute approximate surface area is 378 Å². The van der Waals surface area contributed by atoms with Crippen LogP contribution >= 0.6 is 46.4 Å². The first-order chi connectivity index (χ1) is 27.1. The maximum Gasteiger partial charge on any atom is 0.183 e. The van der Waals surface area contributed by atoms with Gasteiger partial charge in [0, 0.05) is 33.1 Å². The second-order valence-corrected chi connectivity index (χ2v) is 24.4. The summed E-state index contributed by atoms with van der Waals surface area (Å²) in [5.41, 5.74) is 8.95. The number of ketones is 4. The highest BCUT2D eigenvalue weighted by atomic mass is 35.5. The lowest BCUT2D eigenvalue weighted by Gasteiger charge is -2.29. The maximum atomic E-state index is 12.8. The lowest BCUT2D eigenvalue weighted by atomic mass is 9.74. The molecule has 0 fully saturated rings. The molecule has 4 nitrogen and oxygen atoms in total. The van der Waals surface area contributed by atoms with Crippen LogP contribution in [0.5, 0.6) is 0 Å². The molecule has 0 amide bonds. The maximum absolute atomic E-state index is 12.8. The highest BCUT2D eigenvalue weighted by molar-refractivity contribution is 6.38. The van der Waals surface area contributed by atoms with Gasteiger partial charge in [0.2, 0.25) is 0 Å². The number of alkyl halides is 4. The van der Waals surface area contributed by atoms with E-state index in [1.807, 2.05) is 72.8 Å². The second kappa shape index (κ2) is 15.8. The molecule has 4 aromatic rings. The molecule has 320 valence electrons. The molecule has 6 rings (SSSR count). The van der Waals surface area contributed by atoms with Crippen LogP contribution in [0, 0.1) is 0 Å². The Morgan fingerprint density at radius 2 is 0.650 bits per heavy atom. The van der Waals surface area contributed by atoms with E-state index in [9.17, 15) is 19.2 Å². The van der Waals surface area contributed by atoms with E-state index < -0.39 is 19.5 Å². The molecular weight excluding hydrogens is 830 g/mol. The van der Waals surface area contributed by atoms with Gasteiger partial charge in [-0.05, 0) is 125 Å². The summed E-state index contributed by atoms with van der Waals surface area (Å²) < 4.78 is 0. The monoisotopic (exact) mass is 888 g/mol. The van der Waals surface area contributed by atoms with E-state index in [1.165, 1.54) is 16.7 Å². The van der Waals surface area contributed by atoms with Gasteiger partial charge >= 0.3 is 0 Å². The Bertz CT molecular complexity index is 2340. The first-order valence-electron chi connectivity index (χ1n) is 20.6. The standard InChI is InChI=1S/2C26H30Cl2O2/c1-23(2)15-26(7,18-11-8-16(9-12-18)21(29)24(3,4)27)19-13-10-17(14-20(19)23)22(30)25(5,6)28;1-23(2)15-26(7,18-11-8-16(9-12-18)21(29)24(3,4)27)20-14-17(10-13-19(20)23)22(30)25(5,6)28/h2*8-14H,15H2,1-7H3. The van der Waals surface area contributed by atoms with E-state index in [1.54, 1.807) is 55.4 Å². The minimum absolute atomic E-state index is 0.0330. The Morgan fingerprint density at radius 1 is 0.383 bits per heavy atom. The first kappa shape index (κ1) is 47.8. The molecule has 2 aliphatic carbocycles. The minimum Gasteiger partial charge on any atom is -0.292 e. The fourth-order valence-corrected chi connectivity index (χ4v) is 9.91. The fourth-order valence-electron chi connectivity index (χ4n) is 9.47. The Kier molecular flexibility index (Phi) is 12.6. The average molecular weight is 891 g/mol. The quantitative estimate of drug-likeness (QED) is 0.117. The van der Waals surface area contributed by atoms with E-state index in [0.29, 0.717) is 22.3 Å². The van der Waals surface area contributed by atoms with Crippen LogP contribution in [0.1, 0.15) is 185 Å². The zero-order valence-electron chi connectivity index (χ0n) is 37.6. The Balaban J connectivity index is 0.000000228. The van der Waals surface area contributed by atoms with Crippen LogP contribution in [0.15, 0.2) is 84.9 Å². The van der Waals surface area contributed by atoms with Crippen LogP contribution in [-0.2, 0) is 21.7 Å². The van der Waals surface area contributed by atoms with Gasteiger partial charge in [0.15, 0.2) is 23.1 Å². The number of fused-ring (bicyclic) bond motifs is 2. The molecule has 0 heterocycles. The molecule has 0 N–H and O–H groups in total. The number of Topliss-reactive ketones (excluding diaryl/α,β-unsaturated/α-hetero) is 4. The SMILES string of the molecule is CC(C)(Cl)C(=O)c1ccc(C2(C)CC(C)(C)c3cc(C(=O)C(C)(C)Cl)ccc32)cc1.CC(C)(Cl)C(=O)c1ccc(C2(C)CC(C)(C)c3ccc(C(=O)C(C)(C)Cl)cc32)cc1. The molecule has 0 aliphatic heterocycles. The highest BCUT2D eigenvalue weighted by Gasteiger charge is 2.48. The fraction of sp³-hybridized carbons (Fsp3) is 0.462. The number of benzene rings is 4. The van der Waals surface area contributed by atoms with E-state index >= 15 is 0 Å². The molecule has 8 heteroatoms. The van der Waals surface area contributed by atoms with Crippen molar-refractivity contribution in [3.8, 4) is 0 Å². The van der Waals surface area contributed by atoms with Gasteiger partial charge in [0.25, 0.3) is 0 Å². The van der Waals surface area contributed by atoms with Gasteiger partial charge < -0.3 is 0 Å². The molecule has 0 saturated heterocycles. The van der Waals surface area contributed by atoms with Crippen LogP contribution in [-0.4, -0.2) is 42.6 Å². The summed E-state index contributed by atoms with van der Waals surface area (Å²) in [5, 5.41) is 0. The van der Waals surface area contributed by atoms with Crippen molar-refractivity contribution in [3.05, 3.63) is 141 Å². The molecule has 2 aliphatic rings. The third kappa shape index (κ3) is 9.24. The van der Waals surface area contributed by atoms with Crippen molar-refractivity contribution in [2.24, 2.45) is 0 Å². The number of carbonyl (C=O) groups is 4. The summed E-state index contributed by atoms with van der Waals surface area (Å²) in [4.78, 5) is 46.8. The van der Waals surface area contributed by atoms with E-state index in [4.69, 9.17) is 46.4 Å². The molecule has 0 radical (unpaired) electrons. The summed E-state index contributed by atoms with van der Waals surface area (Å²) in [7, 11) is 0. The van der Waals surface area contributed by atoms with Crippen molar-refractivity contribution in [2.45, 2.75) is 151 Å². The molecule has 4 aromatic carbocycles. The number of halogens is 4. The molecular formula is C52H60Cl4O4. The van der Waals surface area contributed by atoms with Crippen LogP contribution < -0.4 is 0 Å². The van der Waals surface area contributed by atoms with Gasteiger partial charge in [0.05, 0.1) is 0 Å². The van der Waals surface area contributed by atoms with Crippen molar-refractivity contribution in [1.82, 2.24) is 0 Å². The number of rotatable bonds is 10. The molecule has 60 heavy (non-hydrogen) atoms. The normalized spacial score (nSPS) is 20.7. The third-order valence-electron chi connectivity index (χ3n) is 12.5. The minimum atomic E-state index is -0.949. The first-order valence-corrected chi connectivity index (χ1v) is 22.1. The molecule has 0 spiro atoms. The second-order valence-electron chi connectivity index (χ2n) is 20.7. The van der Waals surface area contributed by atoms with Gasteiger partial charge in [-0.15, -0.1) is 46.4 Å². The van der Waals surface area contributed by atoms with Gasteiger partial charge in [0.1, 0.15) is 19.5 Å². The zero-order chi connectivity index (χ0) is 45.4. The lowest BCUT2D eigenvalue weighted by Crippen LogP contribution is -2.27. The third-order valence-corrected chi connectivity index (χ3v) is 13.2. The van der Waals surface area contributed by atoms with Crippen LogP contribution in [0.3, 0.4) is 0 Å². The molecule has 2 unspecified atom stereocenters. The van der Waals surface area contributed by atoms with E-state index in [2.05, 4.69) is 53.7 Å². The Hall–Kier alpha value is -3.28. The average Bonchev–Trinajstić information content (AvgIpc) is 3.49. The van der Waals surface area contributed by atoms with Crippen molar-refractivity contribution < 1.29 is 19.2 Å². The lowest BCUT2D eigenvalue weighted by molar-refractivity contribution is 0.0947. The van der Waals surface area contributed by atoms with Crippen LogP contribution in [0.2, 0.25) is 0 Å². The smallest absolute Gasteiger partial charge is 0.183 e. The predicted molar refractivity (Wildman–Crippen MR) is 251 cm³/mol. The largest absolute Gasteiger partial charge is 0.292 e. The summed E-state index contributed by atoms with van der Waals surface area (Å²) in [6.07, 6.45) is 1.82. The summed E-state index contributed by atoms with van der Waals surface area (Å²) in [6, 6.07) is 27.5. The Morgan fingerprint density at radius 3 is 1.00 bits per heavy atom. The van der Waals surface area contributed by atoms with Gasteiger partial charge in [-0.1, -0.05) is 114 Å². The van der Waals surface area contributed by atoms with Gasteiger partial charge in [-0.2, -0.15) is 0 Å². The highest BCUT2D eigenvalue weighted by Crippen LogP contribution is 2.54. The van der Waals surface area contributed by atoms with Crippen molar-refractivity contribution in [1.29, 1.82) is 0 Å². The topological polar surface area (TPSA) is 68.3 Å². The predicted octanol–water partition coefficient (Wildman–Crippen LogP) is 14.1. The van der Waals surface area contributed by atoms with Gasteiger partial charge in [-0.3, -0.25) is 19.2 Å². The van der Waals surface area contributed by atoms with Crippen molar-refractivity contribution >= 4 is 69.5 Å². The van der Waals surface area contributed by atoms with Crippen molar-refractivity contribution in [3.63, 3.8) is 0 Å².